The van der Waals surface area contributed by atoms with E-state index in [1.165, 1.54) is 30.3 Å². The lowest BCUT2D eigenvalue weighted by Gasteiger charge is -2.43. The zero-order valence-electron chi connectivity index (χ0n) is 20.6. The van der Waals surface area contributed by atoms with Crippen molar-refractivity contribution in [2.45, 2.75) is 30.2 Å². The van der Waals surface area contributed by atoms with Crippen LogP contribution in [0.2, 0.25) is 0 Å². The van der Waals surface area contributed by atoms with Gasteiger partial charge in [0, 0.05) is 6.54 Å². The van der Waals surface area contributed by atoms with Crippen LogP contribution in [0.3, 0.4) is 0 Å². The molecule has 1 fully saturated rings. The number of rotatable bonds is 6. The molecule has 11 heteroatoms. The van der Waals surface area contributed by atoms with Crippen molar-refractivity contribution in [1.29, 1.82) is 5.26 Å². The second kappa shape index (κ2) is 10.5. The van der Waals surface area contributed by atoms with Gasteiger partial charge in [-0.05, 0) is 59.4 Å². The van der Waals surface area contributed by atoms with Gasteiger partial charge in [-0.1, -0.05) is 36.4 Å². The quantitative estimate of drug-likeness (QED) is 0.369. The van der Waals surface area contributed by atoms with Gasteiger partial charge in [0.1, 0.15) is 18.0 Å². The normalized spacial score (nSPS) is 19.7. The molecule has 39 heavy (non-hydrogen) atoms. The van der Waals surface area contributed by atoms with Gasteiger partial charge in [-0.2, -0.15) is 18.4 Å². The van der Waals surface area contributed by atoms with Crippen LogP contribution in [0.25, 0.3) is 0 Å². The fourth-order valence-electron chi connectivity index (χ4n) is 5.46. The summed E-state index contributed by atoms with van der Waals surface area (Å²) in [5.41, 5.74) is 1.54. The van der Waals surface area contributed by atoms with Crippen molar-refractivity contribution in [3.8, 4) is 11.8 Å². The molecule has 1 saturated heterocycles. The summed E-state index contributed by atoms with van der Waals surface area (Å²) >= 11 is 0. The van der Waals surface area contributed by atoms with Gasteiger partial charge < -0.3 is 15.4 Å². The van der Waals surface area contributed by atoms with E-state index in [-0.39, 0.29) is 35.9 Å². The molecule has 1 aliphatic rings. The Morgan fingerprint density at radius 2 is 1.72 bits per heavy atom. The Morgan fingerprint density at radius 3 is 2.28 bits per heavy atom. The van der Waals surface area contributed by atoms with Gasteiger partial charge in [-0.25, -0.2) is 18.0 Å². The minimum Gasteiger partial charge on any atom is -0.494 e. The van der Waals surface area contributed by atoms with Gasteiger partial charge in [0.2, 0.25) is 0 Å². The van der Waals surface area contributed by atoms with E-state index >= 15 is 4.39 Å². The van der Waals surface area contributed by atoms with Gasteiger partial charge in [0.15, 0.2) is 11.6 Å². The first-order valence-electron chi connectivity index (χ1n) is 11.8. The van der Waals surface area contributed by atoms with Gasteiger partial charge in [0.05, 0.1) is 24.2 Å². The summed E-state index contributed by atoms with van der Waals surface area (Å²) in [7, 11) is 1.16. The maximum atomic E-state index is 17.2. The summed E-state index contributed by atoms with van der Waals surface area (Å²) in [6.45, 7) is -0.335. The highest BCUT2D eigenvalue weighted by Crippen LogP contribution is 2.55. The predicted molar refractivity (Wildman–Crippen MR) is 129 cm³/mol. The smallest absolute Gasteiger partial charge is 0.416 e. The van der Waals surface area contributed by atoms with Crippen molar-refractivity contribution in [3.05, 3.63) is 101 Å². The first-order valence-corrected chi connectivity index (χ1v) is 11.8. The molecule has 1 aliphatic heterocycles. The Balaban J connectivity index is 2.13. The molecule has 0 aromatic heterocycles. The Bertz CT molecular complexity index is 1410. The van der Waals surface area contributed by atoms with Crippen molar-refractivity contribution in [2.24, 2.45) is 11.7 Å². The van der Waals surface area contributed by atoms with Gasteiger partial charge in [-0.3, -0.25) is 0 Å². The number of hydrogen-bond donors (Lipinski definition) is 1. The molecule has 5 nitrogen and oxygen atoms in total. The number of nitrogens with zero attached hydrogens (tertiary/aromatic N) is 2. The first kappa shape index (κ1) is 27.8. The monoisotopic (exact) mass is 547 g/mol. The maximum absolute atomic E-state index is 17.2. The molecule has 0 radical (unpaired) electrons. The van der Waals surface area contributed by atoms with E-state index in [1.807, 2.05) is 6.07 Å². The number of likely N-dealkylation sites (tertiary alicyclic amines) is 1. The number of alkyl halides is 4. The Morgan fingerprint density at radius 1 is 1.05 bits per heavy atom. The summed E-state index contributed by atoms with van der Waals surface area (Å²) in [6.07, 6.45) is -7.33. The van der Waals surface area contributed by atoms with E-state index in [2.05, 4.69) is 0 Å². The molecule has 3 aromatic rings. The number of amides is 2. The number of halogens is 6. The van der Waals surface area contributed by atoms with Crippen LogP contribution in [-0.4, -0.2) is 30.6 Å². The third kappa shape index (κ3) is 4.99. The fraction of sp³-hybridized carbons (Fsp3) is 0.286. The second-order valence-corrected chi connectivity index (χ2v) is 9.29. The number of benzene rings is 3. The fourth-order valence-corrected chi connectivity index (χ4v) is 5.46. The second-order valence-electron chi connectivity index (χ2n) is 9.29. The largest absolute Gasteiger partial charge is 0.494 e. The topological polar surface area (TPSA) is 79.3 Å². The summed E-state index contributed by atoms with van der Waals surface area (Å²) in [6, 6.07) is 12.3. The van der Waals surface area contributed by atoms with Crippen LogP contribution in [0.5, 0.6) is 5.75 Å². The van der Waals surface area contributed by atoms with Crippen LogP contribution in [0.15, 0.2) is 66.7 Å². The highest BCUT2D eigenvalue weighted by atomic mass is 19.4. The summed E-state index contributed by atoms with van der Waals surface area (Å²) in [4.78, 5) is 13.2. The molecule has 0 aliphatic carbocycles. The highest BCUT2D eigenvalue weighted by molar-refractivity contribution is 5.73. The minimum absolute atomic E-state index is 0.0321. The SMILES string of the molecule is COc1cc(C(c2cc(F)cc(C(F)(F)F)c2)(C(F)c2ccccc2)[C@@H]2C[C@@H](C#N)N(C(N)=O)C2)ccc1F. The number of urea groups is 1. The average Bonchev–Trinajstić information content (AvgIpc) is 3.34. The molecule has 0 bridgehead atoms. The van der Waals surface area contributed by atoms with Crippen LogP contribution in [-0.2, 0) is 11.6 Å². The highest BCUT2D eigenvalue weighted by Gasteiger charge is 2.55. The molecule has 204 valence electrons. The Kier molecular flexibility index (Phi) is 7.50. The molecule has 0 saturated carbocycles. The molecule has 2 amide bonds. The molecule has 2 unspecified atom stereocenters. The molecule has 2 N–H and O–H groups in total. The number of methoxy groups -OCH3 is 1. The van der Waals surface area contributed by atoms with Crippen molar-refractivity contribution < 1.29 is 35.9 Å². The number of carbonyl (C=O) groups excluding carboxylic acids is 1. The molecule has 1 heterocycles. The minimum atomic E-state index is -4.98. The number of carbonyl (C=O) groups is 1. The van der Waals surface area contributed by atoms with Crippen molar-refractivity contribution >= 4 is 6.03 Å². The standard InChI is InChI=1S/C28H23F6N3O2/c1-39-24-13-17(7-8-23(24)30)27(25(31)16-5-3-2-4-6-16,20-12-22(14-35)37(15-20)26(36)38)18-9-19(28(32,33)34)11-21(29)10-18/h2-11,13,20,22,25H,12,15H2,1H3,(H2,36,38)/t20-,22+,25?,27?/m1/s1. The predicted octanol–water partition coefficient (Wildman–Crippen LogP) is 6.28. The van der Waals surface area contributed by atoms with Crippen molar-refractivity contribution in [3.63, 3.8) is 0 Å². The van der Waals surface area contributed by atoms with Crippen LogP contribution >= 0.6 is 0 Å². The van der Waals surface area contributed by atoms with E-state index in [4.69, 9.17) is 10.5 Å². The maximum Gasteiger partial charge on any atom is 0.416 e. The van der Waals surface area contributed by atoms with Crippen LogP contribution in [0, 0.1) is 28.9 Å². The number of hydrogen-bond acceptors (Lipinski definition) is 3. The van der Waals surface area contributed by atoms with E-state index < -0.39 is 58.5 Å². The van der Waals surface area contributed by atoms with Crippen molar-refractivity contribution in [1.82, 2.24) is 4.90 Å². The van der Waals surface area contributed by atoms with Crippen LogP contribution in [0.4, 0.5) is 31.1 Å². The molecular formula is C28H23F6N3O2. The number of ether oxygens (including phenoxy) is 1. The summed E-state index contributed by atoms with van der Waals surface area (Å²) < 4.78 is 93.2. The lowest BCUT2D eigenvalue weighted by atomic mass is 9.60. The van der Waals surface area contributed by atoms with E-state index in [9.17, 15) is 32.0 Å². The first-order chi connectivity index (χ1) is 18.4. The van der Waals surface area contributed by atoms with Gasteiger partial charge >= 0.3 is 12.2 Å². The van der Waals surface area contributed by atoms with Crippen molar-refractivity contribution in [2.75, 3.05) is 13.7 Å². The number of nitrogens with two attached hydrogens (primary N) is 1. The molecule has 0 spiro atoms. The average molecular weight is 547 g/mol. The molecular weight excluding hydrogens is 524 g/mol. The van der Waals surface area contributed by atoms with E-state index in [0.717, 1.165) is 30.2 Å². The van der Waals surface area contributed by atoms with Crippen LogP contribution in [0.1, 0.15) is 34.8 Å². The van der Waals surface area contributed by atoms with Gasteiger partial charge in [-0.15, -0.1) is 0 Å². The van der Waals surface area contributed by atoms with Gasteiger partial charge in [0.25, 0.3) is 0 Å². The zero-order chi connectivity index (χ0) is 28.5. The Hall–Kier alpha value is -4.20. The zero-order valence-corrected chi connectivity index (χ0v) is 20.6. The number of nitriles is 1. The lowest BCUT2D eigenvalue weighted by molar-refractivity contribution is -0.137. The third-order valence-corrected chi connectivity index (χ3v) is 7.20. The molecule has 4 atom stereocenters. The Labute approximate surface area is 220 Å². The molecule has 3 aromatic carbocycles. The third-order valence-electron chi connectivity index (χ3n) is 7.20. The summed E-state index contributed by atoms with van der Waals surface area (Å²) in [5, 5.41) is 9.71. The molecule has 4 rings (SSSR count). The van der Waals surface area contributed by atoms with Crippen LogP contribution < -0.4 is 10.5 Å². The summed E-state index contributed by atoms with van der Waals surface area (Å²) in [5.74, 6) is -3.52. The van der Waals surface area contributed by atoms with E-state index in [0.29, 0.717) is 6.07 Å². The lowest BCUT2D eigenvalue weighted by Crippen LogP contribution is -2.44. The van der Waals surface area contributed by atoms with E-state index in [1.54, 1.807) is 6.07 Å². The number of primary amides is 1.